The van der Waals surface area contributed by atoms with E-state index in [2.05, 4.69) is 0 Å². The number of aliphatic hydroxyl groups is 1. The molecule has 1 N–H and O–H groups in total. The maximum atomic E-state index is 13.5. The summed E-state index contributed by atoms with van der Waals surface area (Å²) >= 11 is 0. The van der Waals surface area contributed by atoms with Gasteiger partial charge in [-0.1, -0.05) is 13.8 Å². The first-order valence-corrected chi connectivity index (χ1v) is 5.11. The molecule has 1 nitrogen and oxygen atoms in total. The van der Waals surface area contributed by atoms with E-state index in [1.54, 1.807) is 6.92 Å². The van der Waals surface area contributed by atoms with Gasteiger partial charge >= 0.3 is 0 Å². The second-order valence-corrected chi connectivity index (χ2v) is 3.89. The first-order chi connectivity index (χ1) is 6.97. The Kier molecular flexibility index (Phi) is 3.80. The minimum absolute atomic E-state index is 0.243. The summed E-state index contributed by atoms with van der Waals surface area (Å²) in [6, 6.07) is 2.34. The standard InChI is InChI=1S/C12H16F2O/c1-4-12(15)8(3)9-6-10(13)7(2)5-11(9)14/h5-6,8,12,15H,4H2,1-3H3. The van der Waals surface area contributed by atoms with E-state index in [0.717, 1.165) is 0 Å². The number of benzene rings is 1. The fraction of sp³-hybridized carbons (Fsp3) is 0.500. The van der Waals surface area contributed by atoms with Gasteiger partial charge in [-0.25, -0.2) is 8.78 Å². The molecule has 0 aromatic heterocycles. The van der Waals surface area contributed by atoms with Crippen molar-refractivity contribution in [3.63, 3.8) is 0 Å². The van der Waals surface area contributed by atoms with Gasteiger partial charge < -0.3 is 5.11 Å². The van der Waals surface area contributed by atoms with Crippen LogP contribution in [0, 0.1) is 18.6 Å². The second kappa shape index (κ2) is 4.71. The molecule has 0 fully saturated rings. The predicted octanol–water partition coefficient (Wildman–Crippen LogP) is 3.15. The van der Waals surface area contributed by atoms with Crippen LogP contribution in [0.1, 0.15) is 37.3 Å². The smallest absolute Gasteiger partial charge is 0.127 e. The zero-order valence-corrected chi connectivity index (χ0v) is 9.22. The average Bonchev–Trinajstić information content (AvgIpc) is 2.21. The van der Waals surface area contributed by atoms with Crippen LogP contribution in [0.15, 0.2) is 12.1 Å². The number of halogens is 2. The van der Waals surface area contributed by atoms with Crippen molar-refractivity contribution >= 4 is 0 Å². The molecule has 0 saturated carbocycles. The molecule has 0 radical (unpaired) electrons. The molecule has 84 valence electrons. The Hall–Kier alpha value is -0.960. The lowest BCUT2D eigenvalue weighted by molar-refractivity contribution is 0.143. The molecule has 15 heavy (non-hydrogen) atoms. The van der Waals surface area contributed by atoms with Crippen molar-refractivity contribution in [1.82, 2.24) is 0 Å². The van der Waals surface area contributed by atoms with E-state index >= 15 is 0 Å². The van der Waals surface area contributed by atoms with E-state index in [1.807, 2.05) is 6.92 Å². The Morgan fingerprint density at radius 1 is 1.27 bits per heavy atom. The van der Waals surface area contributed by atoms with Crippen LogP contribution >= 0.6 is 0 Å². The van der Waals surface area contributed by atoms with Gasteiger partial charge in [0.25, 0.3) is 0 Å². The number of hydrogen-bond acceptors (Lipinski definition) is 1. The highest BCUT2D eigenvalue weighted by Gasteiger charge is 2.19. The van der Waals surface area contributed by atoms with Crippen molar-refractivity contribution in [3.8, 4) is 0 Å². The maximum absolute atomic E-state index is 13.5. The first kappa shape index (κ1) is 12.1. The van der Waals surface area contributed by atoms with Crippen LogP contribution in [0.3, 0.4) is 0 Å². The van der Waals surface area contributed by atoms with Gasteiger partial charge in [-0.3, -0.25) is 0 Å². The van der Waals surface area contributed by atoms with Crippen molar-refractivity contribution in [1.29, 1.82) is 0 Å². The molecule has 0 aliphatic carbocycles. The molecule has 2 atom stereocenters. The van der Waals surface area contributed by atoms with Crippen molar-refractivity contribution < 1.29 is 13.9 Å². The van der Waals surface area contributed by atoms with Gasteiger partial charge in [0.1, 0.15) is 11.6 Å². The Labute approximate surface area is 88.7 Å². The molecule has 0 aliphatic rings. The molecule has 0 amide bonds. The normalized spacial score (nSPS) is 15.1. The minimum Gasteiger partial charge on any atom is -0.393 e. The molecule has 0 saturated heterocycles. The summed E-state index contributed by atoms with van der Waals surface area (Å²) in [5.41, 5.74) is 0.530. The minimum atomic E-state index is -0.637. The summed E-state index contributed by atoms with van der Waals surface area (Å²) in [6.07, 6.45) is -0.113. The Morgan fingerprint density at radius 3 is 2.40 bits per heavy atom. The molecule has 0 aliphatic heterocycles. The Bertz CT molecular complexity index is 350. The molecule has 1 aromatic rings. The largest absolute Gasteiger partial charge is 0.393 e. The highest BCUT2D eigenvalue weighted by atomic mass is 19.1. The lowest BCUT2D eigenvalue weighted by Gasteiger charge is -2.18. The third-order valence-electron chi connectivity index (χ3n) is 2.76. The molecule has 2 unspecified atom stereocenters. The first-order valence-electron chi connectivity index (χ1n) is 5.11. The summed E-state index contributed by atoms with van der Waals surface area (Å²) in [5.74, 6) is -1.26. The van der Waals surface area contributed by atoms with Crippen molar-refractivity contribution in [2.75, 3.05) is 0 Å². The van der Waals surface area contributed by atoms with Crippen LogP contribution in [0.5, 0.6) is 0 Å². The molecule has 1 rings (SSSR count). The molecule has 0 bridgehead atoms. The average molecular weight is 214 g/mol. The van der Waals surface area contributed by atoms with Crippen molar-refractivity contribution in [2.24, 2.45) is 0 Å². The number of hydrogen-bond donors (Lipinski definition) is 1. The molecular weight excluding hydrogens is 198 g/mol. The summed E-state index contributed by atoms with van der Waals surface area (Å²) in [6.45, 7) is 5.02. The van der Waals surface area contributed by atoms with Gasteiger partial charge in [0.2, 0.25) is 0 Å². The van der Waals surface area contributed by atoms with Crippen molar-refractivity contribution in [3.05, 3.63) is 34.9 Å². The summed E-state index contributed by atoms with van der Waals surface area (Å²) < 4.78 is 26.7. The third kappa shape index (κ3) is 2.53. The van der Waals surface area contributed by atoms with Crippen LogP contribution in [0.25, 0.3) is 0 Å². The summed E-state index contributed by atoms with van der Waals surface area (Å²) in [4.78, 5) is 0. The highest BCUT2D eigenvalue weighted by Crippen LogP contribution is 2.25. The molecule has 0 spiro atoms. The summed E-state index contributed by atoms with van der Waals surface area (Å²) in [5, 5.41) is 9.58. The monoisotopic (exact) mass is 214 g/mol. The van der Waals surface area contributed by atoms with Crippen LogP contribution in [0.4, 0.5) is 8.78 Å². The van der Waals surface area contributed by atoms with Crippen LogP contribution in [0.2, 0.25) is 0 Å². The zero-order valence-electron chi connectivity index (χ0n) is 9.22. The van der Waals surface area contributed by atoms with E-state index in [4.69, 9.17) is 0 Å². The third-order valence-corrected chi connectivity index (χ3v) is 2.76. The maximum Gasteiger partial charge on any atom is 0.127 e. The zero-order chi connectivity index (χ0) is 11.6. The Balaban J connectivity index is 3.09. The van der Waals surface area contributed by atoms with Gasteiger partial charge in [0.05, 0.1) is 6.10 Å². The van der Waals surface area contributed by atoms with Crippen molar-refractivity contribution in [2.45, 2.75) is 39.2 Å². The topological polar surface area (TPSA) is 20.2 Å². The van der Waals surface area contributed by atoms with Crippen LogP contribution in [-0.4, -0.2) is 11.2 Å². The van der Waals surface area contributed by atoms with E-state index < -0.39 is 17.7 Å². The molecule has 3 heteroatoms. The van der Waals surface area contributed by atoms with Crippen LogP contribution < -0.4 is 0 Å². The molecular formula is C12H16F2O. The van der Waals surface area contributed by atoms with Gasteiger partial charge in [-0.15, -0.1) is 0 Å². The molecule has 0 heterocycles. The second-order valence-electron chi connectivity index (χ2n) is 3.89. The van der Waals surface area contributed by atoms with E-state index in [9.17, 15) is 13.9 Å². The quantitative estimate of drug-likeness (QED) is 0.819. The van der Waals surface area contributed by atoms with Crippen LogP contribution in [-0.2, 0) is 0 Å². The summed E-state index contributed by atoms with van der Waals surface area (Å²) in [7, 11) is 0. The Morgan fingerprint density at radius 2 is 1.87 bits per heavy atom. The van der Waals surface area contributed by atoms with Gasteiger partial charge in [0, 0.05) is 5.92 Å². The van der Waals surface area contributed by atoms with Gasteiger partial charge in [0.15, 0.2) is 0 Å². The number of aliphatic hydroxyl groups excluding tert-OH is 1. The van der Waals surface area contributed by atoms with Gasteiger partial charge in [-0.05, 0) is 36.6 Å². The SMILES string of the molecule is CCC(O)C(C)c1cc(F)c(C)cc1F. The van der Waals surface area contributed by atoms with E-state index in [1.165, 1.54) is 19.1 Å². The fourth-order valence-corrected chi connectivity index (χ4v) is 1.57. The van der Waals surface area contributed by atoms with E-state index in [-0.39, 0.29) is 17.0 Å². The number of aryl methyl sites for hydroxylation is 1. The number of rotatable bonds is 3. The fourth-order valence-electron chi connectivity index (χ4n) is 1.57. The molecule has 1 aromatic carbocycles. The lowest BCUT2D eigenvalue weighted by Crippen LogP contribution is -2.16. The lowest BCUT2D eigenvalue weighted by atomic mass is 9.92. The van der Waals surface area contributed by atoms with Gasteiger partial charge in [-0.2, -0.15) is 0 Å². The highest BCUT2D eigenvalue weighted by molar-refractivity contribution is 5.28. The van der Waals surface area contributed by atoms with E-state index in [0.29, 0.717) is 6.42 Å². The predicted molar refractivity (Wildman–Crippen MR) is 55.8 cm³/mol.